The molecular weight excluding hydrogens is 230 g/mol. The van der Waals surface area contributed by atoms with E-state index in [4.69, 9.17) is 5.11 Å². The first-order chi connectivity index (χ1) is 6.27. The molecule has 0 atom stereocenters. The number of aliphatic carboxylic acids is 1. The van der Waals surface area contributed by atoms with Crippen molar-refractivity contribution < 1.29 is 29.4 Å². The van der Waals surface area contributed by atoms with E-state index < -0.39 is 5.97 Å². The molecule has 0 aliphatic carbocycles. The summed E-state index contributed by atoms with van der Waals surface area (Å²) in [5.74, 6) is -0.674. The van der Waals surface area contributed by atoms with E-state index in [1.165, 1.54) is 25.7 Å². The van der Waals surface area contributed by atoms with E-state index >= 15 is 0 Å². The topological polar surface area (TPSA) is 37.3 Å². The second kappa shape index (κ2) is 12.8. The number of allylic oxidation sites excluding steroid dienone is 1. The first kappa shape index (κ1) is 16.3. The summed E-state index contributed by atoms with van der Waals surface area (Å²) in [5.41, 5.74) is 0. The quantitative estimate of drug-likeness (QED) is 0.386. The van der Waals surface area contributed by atoms with E-state index in [0.29, 0.717) is 6.42 Å². The van der Waals surface area contributed by atoms with E-state index in [1.54, 1.807) is 0 Å². The molecule has 0 unspecified atom stereocenters. The zero-order valence-electron chi connectivity index (χ0n) is 9.00. The first-order valence-electron chi connectivity index (χ1n) is 5.10. The van der Waals surface area contributed by atoms with Gasteiger partial charge in [0.05, 0.1) is 0 Å². The Hall–Kier alpha value is -0.167. The predicted molar refractivity (Wildman–Crippen MR) is 54.8 cm³/mol. The van der Waals surface area contributed by atoms with Crippen molar-refractivity contribution in [2.75, 3.05) is 0 Å². The van der Waals surface area contributed by atoms with Crippen LogP contribution in [-0.4, -0.2) is 11.1 Å². The summed E-state index contributed by atoms with van der Waals surface area (Å²) in [6, 6.07) is 0. The Kier molecular flexibility index (Phi) is 14.9. The SMILES string of the molecule is C=CCCCCCCCCC(=O)O.[Zn]. The third-order valence-electron chi connectivity index (χ3n) is 2.05. The molecule has 0 aromatic rings. The van der Waals surface area contributed by atoms with Crippen LogP contribution in [0.3, 0.4) is 0 Å². The Morgan fingerprint density at radius 2 is 1.57 bits per heavy atom. The first-order valence-corrected chi connectivity index (χ1v) is 5.10. The fourth-order valence-corrected chi connectivity index (χ4v) is 1.27. The van der Waals surface area contributed by atoms with Crippen molar-refractivity contribution in [3.63, 3.8) is 0 Å². The van der Waals surface area contributed by atoms with E-state index in [9.17, 15) is 4.79 Å². The molecular formula is C11H20O2Zn. The molecule has 1 N–H and O–H groups in total. The number of carboxylic acids is 1. The van der Waals surface area contributed by atoms with Gasteiger partial charge < -0.3 is 5.11 Å². The summed E-state index contributed by atoms with van der Waals surface area (Å²) in [4.78, 5) is 10.2. The molecule has 0 saturated carbocycles. The monoisotopic (exact) mass is 248 g/mol. The summed E-state index contributed by atoms with van der Waals surface area (Å²) < 4.78 is 0. The van der Waals surface area contributed by atoms with Gasteiger partial charge in [-0.2, -0.15) is 0 Å². The van der Waals surface area contributed by atoms with Gasteiger partial charge in [0, 0.05) is 25.9 Å². The van der Waals surface area contributed by atoms with Gasteiger partial charge in [0.25, 0.3) is 0 Å². The maximum atomic E-state index is 10.2. The molecule has 0 radical (unpaired) electrons. The van der Waals surface area contributed by atoms with E-state index in [1.807, 2.05) is 6.08 Å². The summed E-state index contributed by atoms with van der Waals surface area (Å²) in [6.45, 7) is 3.66. The van der Waals surface area contributed by atoms with Crippen LogP contribution in [0.15, 0.2) is 12.7 Å². The largest absolute Gasteiger partial charge is 0.481 e. The molecule has 0 aromatic carbocycles. The van der Waals surface area contributed by atoms with Gasteiger partial charge in [-0.3, -0.25) is 4.79 Å². The number of hydrogen-bond acceptors (Lipinski definition) is 1. The fourth-order valence-electron chi connectivity index (χ4n) is 1.27. The average Bonchev–Trinajstić information content (AvgIpc) is 2.09. The van der Waals surface area contributed by atoms with Gasteiger partial charge >= 0.3 is 5.97 Å². The molecule has 0 rings (SSSR count). The van der Waals surface area contributed by atoms with Crippen LogP contribution in [0.25, 0.3) is 0 Å². The molecule has 0 amide bonds. The van der Waals surface area contributed by atoms with Crippen LogP contribution in [0.2, 0.25) is 0 Å². The van der Waals surface area contributed by atoms with E-state index in [0.717, 1.165) is 19.3 Å². The third kappa shape index (κ3) is 14.4. The average molecular weight is 250 g/mol. The van der Waals surface area contributed by atoms with Gasteiger partial charge in [-0.25, -0.2) is 0 Å². The molecule has 0 heterocycles. The van der Waals surface area contributed by atoms with Crippen molar-refractivity contribution >= 4 is 5.97 Å². The standard InChI is InChI=1S/C11H20O2.Zn/c1-2-3-4-5-6-7-8-9-10-11(12)13;/h2H,1,3-10H2,(H,12,13);. The minimum Gasteiger partial charge on any atom is -0.481 e. The van der Waals surface area contributed by atoms with Crippen molar-refractivity contribution in [1.29, 1.82) is 0 Å². The fraction of sp³-hybridized carbons (Fsp3) is 0.727. The molecule has 0 bridgehead atoms. The van der Waals surface area contributed by atoms with Gasteiger partial charge in [0.1, 0.15) is 0 Å². The molecule has 0 spiro atoms. The molecule has 2 nitrogen and oxygen atoms in total. The minimum atomic E-state index is -0.674. The van der Waals surface area contributed by atoms with Crippen LogP contribution in [0.4, 0.5) is 0 Å². The van der Waals surface area contributed by atoms with Crippen LogP contribution in [-0.2, 0) is 24.3 Å². The van der Waals surface area contributed by atoms with Gasteiger partial charge in [0.2, 0.25) is 0 Å². The van der Waals surface area contributed by atoms with Crippen molar-refractivity contribution in [3.8, 4) is 0 Å². The Morgan fingerprint density at radius 3 is 2.07 bits per heavy atom. The second-order valence-corrected chi connectivity index (χ2v) is 3.34. The van der Waals surface area contributed by atoms with Crippen molar-refractivity contribution in [1.82, 2.24) is 0 Å². The smallest absolute Gasteiger partial charge is 0.303 e. The van der Waals surface area contributed by atoms with Crippen LogP contribution in [0, 0.1) is 0 Å². The molecule has 78 valence electrons. The molecule has 0 aliphatic heterocycles. The molecule has 3 heteroatoms. The van der Waals surface area contributed by atoms with Crippen LogP contribution in [0.5, 0.6) is 0 Å². The summed E-state index contributed by atoms with van der Waals surface area (Å²) >= 11 is 0. The molecule has 14 heavy (non-hydrogen) atoms. The van der Waals surface area contributed by atoms with Gasteiger partial charge in [-0.15, -0.1) is 6.58 Å². The van der Waals surface area contributed by atoms with E-state index in [2.05, 4.69) is 6.58 Å². The van der Waals surface area contributed by atoms with Crippen LogP contribution < -0.4 is 0 Å². The number of carboxylic acid groups (broad SMARTS) is 1. The summed E-state index contributed by atoms with van der Waals surface area (Å²) in [7, 11) is 0. The molecule has 0 aromatic heterocycles. The maximum absolute atomic E-state index is 10.2. The Labute approximate surface area is 99.5 Å². The van der Waals surface area contributed by atoms with Gasteiger partial charge in [-0.05, 0) is 19.3 Å². The van der Waals surface area contributed by atoms with Gasteiger partial charge in [0.15, 0.2) is 0 Å². The van der Waals surface area contributed by atoms with Crippen molar-refractivity contribution in [3.05, 3.63) is 12.7 Å². The number of hydrogen-bond donors (Lipinski definition) is 1. The van der Waals surface area contributed by atoms with Crippen LogP contribution >= 0.6 is 0 Å². The third-order valence-corrected chi connectivity index (χ3v) is 2.05. The zero-order valence-corrected chi connectivity index (χ0v) is 12.0. The van der Waals surface area contributed by atoms with Gasteiger partial charge in [-0.1, -0.05) is 31.8 Å². The van der Waals surface area contributed by atoms with Crippen molar-refractivity contribution in [2.24, 2.45) is 0 Å². The normalized spacial score (nSPS) is 9.14. The van der Waals surface area contributed by atoms with Crippen molar-refractivity contribution in [2.45, 2.75) is 51.4 Å². The second-order valence-electron chi connectivity index (χ2n) is 3.34. The Bertz CT molecular complexity index is 146. The molecule has 0 fully saturated rings. The maximum Gasteiger partial charge on any atom is 0.303 e. The summed E-state index contributed by atoms with van der Waals surface area (Å²) in [6.07, 6.45) is 10.1. The zero-order chi connectivity index (χ0) is 9.94. The van der Waals surface area contributed by atoms with E-state index in [-0.39, 0.29) is 19.5 Å². The minimum absolute atomic E-state index is 0. The van der Waals surface area contributed by atoms with Crippen LogP contribution in [0.1, 0.15) is 51.4 Å². The number of carbonyl (C=O) groups is 1. The number of rotatable bonds is 9. The summed E-state index contributed by atoms with van der Waals surface area (Å²) in [5, 5.41) is 8.38. The molecule has 0 aliphatic rings. The molecule has 0 saturated heterocycles. The number of unbranched alkanes of at least 4 members (excludes halogenated alkanes) is 6. The predicted octanol–water partition coefficient (Wildman–Crippen LogP) is 3.38. The Morgan fingerprint density at radius 1 is 1.07 bits per heavy atom. The Balaban J connectivity index is 0.